The Bertz CT molecular complexity index is 1120. The summed E-state index contributed by atoms with van der Waals surface area (Å²) in [6, 6.07) is 8.91. The molecular formula is C24H26O8. The summed E-state index contributed by atoms with van der Waals surface area (Å²) in [6.07, 6.45) is 0.409. The molecule has 8 nitrogen and oxygen atoms in total. The van der Waals surface area contributed by atoms with Crippen LogP contribution in [-0.2, 0) is 19.3 Å². The molecule has 0 spiro atoms. The molecule has 0 atom stereocenters. The standard InChI is InChI=1S/C24H26O8/c25-7-4-13-10-16(22(30)19(29)11-13)21-15(6-9-27)12-17(23(31)24(21)32)20-14(5-8-26)2-1-3-18(20)28/h1-3,10-12,25-32H,4-9H2. The fraction of sp³-hybridized carbons (Fsp3) is 0.250. The van der Waals surface area contributed by atoms with E-state index >= 15 is 0 Å². The molecular weight excluding hydrogens is 416 g/mol. The summed E-state index contributed by atoms with van der Waals surface area (Å²) in [7, 11) is 0. The van der Waals surface area contributed by atoms with E-state index in [2.05, 4.69) is 0 Å². The molecule has 0 unspecified atom stereocenters. The van der Waals surface area contributed by atoms with Crippen molar-refractivity contribution >= 4 is 0 Å². The molecule has 3 aromatic rings. The summed E-state index contributed by atoms with van der Waals surface area (Å²) in [6.45, 7) is -0.718. The molecule has 0 aliphatic carbocycles. The topological polar surface area (TPSA) is 162 Å². The van der Waals surface area contributed by atoms with E-state index in [-0.39, 0.29) is 67.1 Å². The van der Waals surface area contributed by atoms with Gasteiger partial charge in [0.2, 0.25) is 0 Å². The number of phenols is 5. The summed E-state index contributed by atoms with van der Waals surface area (Å²) in [4.78, 5) is 0. The van der Waals surface area contributed by atoms with Crippen molar-refractivity contribution in [3.8, 4) is 51.0 Å². The molecule has 0 bridgehead atoms. The third kappa shape index (κ3) is 4.29. The van der Waals surface area contributed by atoms with Gasteiger partial charge in [0.15, 0.2) is 23.0 Å². The number of hydrogen-bond acceptors (Lipinski definition) is 8. The molecule has 0 saturated heterocycles. The molecule has 0 aromatic heterocycles. The van der Waals surface area contributed by atoms with Crippen molar-refractivity contribution < 1.29 is 40.9 Å². The van der Waals surface area contributed by atoms with Crippen LogP contribution >= 0.6 is 0 Å². The highest BCUT2D eigenvalue weighted by atomic mass is 16.3. The molecule has 32 heavy (non-hydrogen) atoms. The lowest BCUT2D eigenvalue weighted by Crippen LogP contribution is -2.00. The molecule has 0 heterocycles. The van der Waals surface area contributed by atoms with Crippen molar-refractivity contribution in [3.05, 3.63) is 53.1 Å². The average molecular weight is 442 g/mol. The molecule has 3 rings (SSSR count). The van der Waals surface area contributed by atoms with Crippen LogP contribution in [0.5, 0.6) is 28.7 Å². The molecule has 0 aliphatic rings. The molecule has 0 saturated carbocycles. The van der Waals surface area contributed by atoms with Crippen LogP contribution in [0.15, 0.2) is 36.4 Å². The Labute approximate surface area is 184 Å². The summed E-state index contributed by atoms with van der Waals surface area (Å²) >= 11 is 0. The van der Waals surface area contributed by atoms with E-state index in [1.54, 1.807) is 12.1 Å². The molecule has 8 heteroatoms. The van der Waals surface area contributed by atoms with Gasteiger partial charge in [0.1, 0.15) is 5.75 Å². The number of aliphatic hydroxyl groups excluding tert-OH is 3. The first-order valence-electron chi connectivity index (χ1n) is 10.1. The Morgan fingerprint density at radius 3 is 1.81 bits per heavy atom. The second kappa shape index (κ2) is 9.78. The second-order valence-electron chi connectivity index (χ2n) is 7.40. The quantitative estimate of drug-likeness (QED) is 0.246. The number of hydrogen-bond donors (Lipinski definition) is 8. The minimum atomic E-state index is -0.611. The minimum Gasteiger partial charge on any atom is -0.507 e. The lowest BCUT2D eigenvalue weighted by Gasteiger charge is -2.20. The monoisotopic (exact) mass is 442 g/mol. The molecule has 8 N–H and O–H groups in total. The van der Waals surface area contributed by atoms with Crippen molar-refractivity contribution in [2.24, 2.45) is 0 Å². The zero-order valence-electron chi connectivity index (χ0n) is 17.3. The fourth-order valence-electron chi connectivity index (χ4n) is 3.89. The minimum absolute atomic E-state index is 0.00650. The predicted octanol–water partition coefficient (Wildman–Crippen LogP) is 2.15. The smallest absolute Gasteiger partial charge is 0.166 e. The van der Waals surface area contributed by atoms with Crippen LogP contribution in [0, 0.1) is 0 Å². The largest absolute Gasteiger partial charge is 0.507 e. The fourth-order valence-corrected chi connectivity index (χ4v) is 3.89. The lowest BCUT2D eigenvalue weighted by atomic mass is 9.88. The zero-order valence-corrected chi connectivity index (χ0v) is 17.3. The Kier molecular flexibility index (Phi) is 7.09. The number of aliphatic hydroxyl groups is 3. The lowest BCUT2D eigenvalue weighted by molar-refractivity contribution is 0.299. The maximum absolute atomic E-state index is 10.9. The van der Waals surface area contributed by atoms with Crippen LogP contribution in [0.3, 0.4) is 0 Å². The van der Waals surface area contributed by atoms with Gasteiger partial charge in [0.25, 0.3) is 0 Å². The van der Waals surface area contributed by atoms with Gasteiger partial charge < -0.3 is 40.9 Å². The van der Waals surface area contributed by atoms with Gasteiger partial charge in [0, 0.05) is 42.1 Å². The van der Waals surface area contributed by atoms with Gasteiger partial charge >= 0.3 is 0 Å². The Morgan fingerprint density at radius 1 is 0.531 bits per heavy atom. The summed E-state index contributed by atoms with van der Waals surface area (Å²) in [5, 5.41) is 81.0. The van der Waals surface area contributed by atoms with Crippen molar-refractivity contribution in [3.63, 3.8) is 0 Å². The van der Waals surface area contributed by atoms with Crippen LogP contribution in [0.4, 0.5) is 0 Å². The number of phenolic OH excluding ortho intramolecular Hbond substituents is 5. The van der Waals surface area contributed by atoms with Crippen molar-refractivity contribution in [2.75, 3.05) is 19.8 Å². The highest BCUT2D eigenvalue weighted by Crippen LogP contribution is 2.51. The van der Waals surface area contributed by atoms with E-state index in [0.717, 1.165) is 0 Å². The molecule has 170 valence electrons. The van der Waals surface area contributed by atoms with Gasteiger partial charge in [-0.15, -0.1) is 0 Å². The summed E-state index contributed by atoms with van der Waals surface area (Å²) < 4.78 is 0. The first kappa shape index (κ1) is 23.2. The zero-order chi connectivity index (χ0) is 23.4. The second-order valence-corrected chi connectivity index (χ2v) is 7.40. The molecule has 0 aliphatic heterocycles. The van der Waals surface area contributed by atoms with Crippen molar-refractivity contribution in [2.45, 2.75) is 19.3 Å². The van der Waals surface area contributed by atoms with Crippen LogP contribution in [0.2, 0.25) is 0 Å². The van der Waals surface area contributed by atoms with Crippen molar-refractivity contribution in [1.29, 1.82) is 0 Å². The SMILES string of the molecule is OCCc1cc(O)c(O)c(-c2c(CCO)cc(-c3c(O)cccc3CCO)c(O)c2O)c1. The van der Waals surface area contributed by atoms with Gasteiger partial charge in [0.05, 0.1) is 0 Å². The van der Waals surface area contributed by atoms with E-state index in [1.165, 1.54) is 24.3 Å². The molecule has 3 aromatic carbocycles. The Morgan fingerprint density at radius 2 is 1.16 bits per heavy atom. The number of rotatable bonds is 8. The summed E-state index contributed by atoms with van der Waals surface area (Å²) in [5.41, 5.74) is 1.70. The predicted molar refractivity (Wildman–Crippen MR) is 118 cm³/mol. The van der Waals surface area contributed by atoms with Crippen LogP contribution in [0.25, 0.3) is 22.3 Å². The van der Waals surface area contributed by atoms with E-state index in [9.17, 15) is 40.9 Å². The maximum atomic E-state index is 10.9. The van der Waals surface area contributed by atoms with Crippen LogP contribution < -0.4 is 0 Å². The molecule has 0 fully saturated rings. The Hall–Kier alpha value is -3.46. The highest BCUT2D eigenvalue weighted by molar-refractivity contribution is 5.90. The van der Waals surface area contributed by atoms with Crippen LogP contribution in [0.1, 0.15) is 16.7 Å². The Balaban J connectivity index is 2.33. The van der Waals surface area contributed by atoms with Gasteiger partial charge in [-0.05, 0) is 60.2 Å². The van der Waals surface area contributed by atoms with E-state index < -0.39 is 23.0 Å². The normalized spacial score (nSPS) is 11.1. The number of aromatic hydroxyl groups is 5. The highest BCUT2D eigenvalue weighted by Gasteiger charge is 2.25. The van der Waals surface area contributed by atoms with Gasteiger partial charge in [-0.2, -0.15) is 0 Å². The molecule has 0 amide bonds. The van der Waals surface area contributed by atoms with Crippen LogP contribution in [-0.4, -0.2) is 60.7 Å². The van der Waals surface area contributed by atoms with Gasteiger partial charge in [-0.1, -0.05) is 12.1 Å². The number of benzene rings is 3. The average Bonchev–Trinajstić information content (AvgIpc) is 2.75. The summed E-state index contributed by atoms with van der Waals surface area (Å²) in [5.74, 6) is -2.35. The van der Waals surface area contributed by atoms with Crippen molar-refractivity contribution in [1.82, 2.24) is 0 Å². The third-order valence-electron chi connectivity index (χ3n) is 5.34. The third-order valence-corrected chi connectivity index (χ3v) is 5.34. The first-order chi connectivity index (χ1) is 15.3. The maximum Gasteiger partial charge on any atom is 0.166 e. The van der Waals surface area contributed by atoms with E-state index in [4.69, 9.17) is 0 Å². The molecule has 0 radical (unpaired) electrons. The van der Waals surface area contributed by atoms with E-state index in [0.29, 0.717) is 16.7 Å². The van der Waals surface area contributed by atoms with Gasteiger partial charge in [-0.3, -0.25) is 0 Å². The van der Waals surface area contributed by atoms with Gasteiger partial charge in [-0.25, -0.2) is 0 Å². The van der Waals surface area contributed by atoms with E-state index in [1.807, 2.05) is 0 Å². The first-order valence-corrected chi connectivity index (χ1v) is 10.1.